The summed E-state index contributed by atoms with van der Waals surface area (Å²) in [6, 6.07) is 0. The van der Waals surface area contributed by atoms with Gasteiger partial charge in [-0.25, -0.2) is 0 Å². The molecular weight excluding hydrogens is 292 g/mol. The van der Waals surface area contributed by atoms with Gasteiger partial charge in [-0.05, 0) is 25.7 Å². The van der Waals surface area contributed by atoms with Crippen molar-refractivity contribution in [1.29, 1.82) is 0 Å². The predicted octanol–water partition coefficient (Wildman–Crippen LogP) is 2.27. The molecule has 1 aliphatic carbocycles. The van der Waals surface area contributed by atoms with Crippen molar-refractivity contribution in [3.63, 3.8) is 0 Å². The van der Waals surface area contributed by atoms with Crippen molar-refractivity contribution >= 4 is 0 Å². The van der Waals surface area contributed by atoms with Crippen LogP contribution in [0.1, 0.15) is 51.5 Å². The Morgan fingerprint density at radius 3 is 3.04 bits per heavy atom. The van der Waals surface area contributed by atoms with Crippen molar-refractivity contribution in [2.45, 2.75) is 58.3 Å². The zero-order chi connectivity index (χ0) is 16.1. The average molecular weight is 322 g/mol. The van der Waals surface area contributed by atoms with Crippen LogP contribution >= 0.6 is 0 Å². The molecule has 1 aromatic heterocycles. The number of morpholine rings is 1. The third-order valence-corrected chi connectivity index (χ3v) is 5.20. The van der Waals surface area contributed by atoms with Gasteiger partial charge in [0.25, 0.3) is 0 Å². The molecule has 23 heavy (non-hydrogen) atoms. The van der Waals surface area contributed by atoms with Gasteiger partial charge in [0.05, 0.1) is 19.3 Å². The van der Waals surface area contributed by atoms with E-state index in [1.54, 1.807) is 6.33 Å². The van der Waals surface area contributed by atoms with E-state index in [-0.39, 0.29) is 6.10 Å². The highest BCUT2D eigenvalue weighted by atomic mass is 16.5. The van der Waals surface area contributed by atoms with Crippen molar-refractivity contribution in [3.8, 4) is 0 Å². The number of aromatic nitrogens is 3. The zero-order valence-electron chi connectivity index (χ0n) is 14.5. The maximum Gasteiger partial charge on any atom is 0.163 e. The average Bonchev–Trinajstić information content (AvgIpc) is 3.06. The maximum atomic E-state index is 6.15. The molecule has 3 atom stereocenters. The molecule has 1 saturated carbocycles. The molecule has 0 radical (unpaired) electrons. The van der Waals surface area contributed by atoms with E-state index in [1.807, 2.05) is 0 Å². The summed E-state index contributed by atoms with van der Waals surface area (Å²) in [5, 5.41) is 8.25. The molecule has 0 N–H and O–H groups in total. The van der Waals surface area contributed by atoms with Gasteiger partial charge in [-0.2, -0.15) is 0 Å². The minimum absolute atomic E-state index is 0.0276. The molecule has 0 amide bonds. The molecule has 0 spiro atoms. The van der Waals surface area contributed by atoms with Crippen LogP contribution in [0, 0.1) is 5.92 Å². The van der Waals surface area contributed by atoms with Crippen molar-refractivity contribution in [2.75, 3.05) is 32.8 Å². The Morgan fingerprint density at radius 1 is 1.35 bits per heavy atom. The first-order valence-corrected chi connectivity index (χ1v) is 9.11. The molecular formula is C17H30N4O2. The van der Waals surface area contributed by atoms with Gasteiger partial charge in [-0.15, -0.1) is 10.2 Å². The van der Waals surface area contributed by atoms with Crippen molar-refractivity contribution < 1.29 is 9.47 Å². The van der Waals surface area contributed by atoms with Crippen LogP contribution in [0.15, 0.2) is 6.33 Å². The summed E-state index contributed by atoms with van der Waals surface area (Å²) in [4.78, 5) is 2.43. The highest BCUT2D eigenvalue weighted by Crippen LogP contribution is 2.26. The van der Waals surface area contributed by atoms with E-state index in [2.05, 4.69) is 33.5 Å². The zero-order valence-corrected chi connectivity index (χ0v) is 14.5. The largest absolute Gasteiger partial charge is 0.377 e. The molecule has 130 valence electrons. The predicted molar refractivity (Wildman–Crippen MR) is 88.2 cm³/mol. The topological polar surface area (TPSA) is 52.4 Å². The molecule has 0 aromatic carbocycles. The van der Waals surface area contributed by atoms with Crippen LogP contribution in [0.5, 0.6) is 0 Å². The van der Waals surface area contributed by atoms with Crippen LogP contribution in [0.25, 0.3) is 0 Å². The third kappa shape index (κ3) is 4.31. The normalized spacial score (nSPS) is 29.7. The van der Waals surface area contributed by atoms with Gasteiger partial charge in [-0.1, -0.05) is 19.8 Å². The summed E-state index contributed by atoms with van der Waals surface area (Å²) in [6.07, 6.45) is 7.50. The number of hydrogen-bond donors (Lipinski definition) is 0. The van der Waals surface area contributed by atoms with Crippen molar-refractivity contribution in [1.82, 2.24) is 19.7 Å². The van der Waals surface area contributed by atoms with Crippen LogP contribution in [0.4, 0.5) is 0 Å². The van der Waals surface area contributed by atoms with Gasteiger partial charge in [0.15, 0.2) is 5.82 Å². The first-order valence-electron chi connectivity index (χ1n) is 9.11. The Bertz CT molecular complexity index is 479. The molecule has 2 aliphatic rings. The minimum Gasteiger partial charge on any atom is -0.377 e. The molecule has 2 heterocycles. The summed E-state index contributed by atoms with van der Waals surface area (Å²) in [6.45, 7) is 9.71. The quantitative estimate of drug-likeness (QED) is 0.804. The fraction of sp³-hybridized carbons (Fsp3) is 0.882. The third-order valence-electron chi connectivity index (χ3n) is 5.20. The highest BCUT2D eigenvalue weighted by Gasteiger charge is 2.26. The monoisotopic (exact) mass is 322 g/mol. The molecule has 1 saturated heterocycles. The van der Waals surface area contributed by atoms with Crippen LogP contribution < -0.4 is 0 Å². The summed E-state index contributed by atoms with van der Waals surface area (Å²) < 4.78 is 14.1. The van der Waals surface area contributed by atoms with Gasteiger partial charge in [-0.3, -0.25) is 4.90 Å². The lowest BCUT2D eigenvalue weighted by Crippen LogP contribution is -2.41. The Balaban J connectivity index is 1.45. The van der Waals surface area contributed by atoms with Crippen LogP contribution in [0.2, 0.25) is 0 Å². The first kappa shape index (κ1) is 16.9. The lowest BCUT2D eigenvalue weighted by Gasteiger charge is -2.33. The summed E-state index contributed by atoms with van der Waals surface area (Å²) in [7, 11) is 0. The van der Waals surface area contributed by atoms with E-state index < -0.39 is 0 Å². The molecule has 6 nitrogen and oxygen atoms in total. The fourth-order valence-corrected chi connectivity index (χ4v) is 3.68. The molecule has 0 bridgehead atoms. The van der Waals surface area contributed by atoms with E-state index in [0.29, 0.717) is 12.0 Å². The van der Waals surface area contributed by atoms with Gasteiger partial charge in [0.1, 0.15) is 12.4 Å². The maximum absolute atomic E-state index is 6.15. The standard InChI is InChI=1S/C17H30N4O2/c1-3-21-13-18-19-17(21)16-12-20(9-11-23-16)8-10-22-15-7-5-4-6-14(15)2/h13-16H,3-12H2,1-2H3/t14-,15+,16-/m0/s1. The SMILES string of the molecule is CCn1cnnc1[C@@H]1CN(CCO[C@@H]2CCCC[C@@H]2C)CCO1. The second kappa shape index (κ2) is 8.22. The Kier molecular flexibility index (Phi) is 6.02. The van der Waals surface area contributed by atoms with Gasteiger partial charge >= 0.3 is 0 Å². The lowest BCUT2D eigenvalue weighted by atomic mass is 9.88. The van der Waals surface area contributed by atoms with Crippen LogP contribution in [0.3, 0.4) is 0 Å². The number of ether oxygens (including phenoxy) is 2. The van der Waals surface area contributed by atoms with Crippen molar-refractivity contribution in [3.05, 3.63) is 12.2 Å². The smallest absolute Gasteiger partial charge is 0.163 e. The van der Waals surface area contributed by atoms with Crippen LogP contribution in [-0.2, 0) is 16.0 Å². The van der Waals surface area contributed by atoms with Crippen molar-refractivity contribution in [2.24, 2.45) is 5.92 Å². The number of aryl methyl sites for hydroxylation is 1. The second-order valence-electron chi connectivity index (χ2n) is 6.81. The van der Waals surface area contributed by atoms with E-state index in [4.69, 9.17) is 9.47 Å². The molecule has 2 fully saturated rings. The van der Waals surface area contributed by atoms with Gasteiger partial charge in [0, 0.05) is 26.2 Å². The molecule has 1 aromatic rings. The van der Waals surface area contributed by atoms with Crippen LogP contribution in [-0.4, -0.2) is 58.6 Å². The number of nitrogens with zero attached hydrogens (tertiary/aromatic N) is 4. The summed E-state index contributed by atoms with van der Waals surface area (Å²) in [5.74, 6) is 1.66. The summed E-state index contributed by atoms with van der Waals surface area (Å²) in [5.41, 5.74) is 0. The van der Waals surface area contributed by atoms with E-state index >= 15 is 0 Å². The van der Waals surface area contributed by atoms with E-state index in [0.717, 1.165) is 45.2 Å². The molecule has 0 unspecified atom stereocenters. The molecule has 6 heteroatoms. The minimum atomic E-state index is 0.0276. The Morgan fingerprint density at radius 2 is 2.22 bits per heavy atom. The molecule has 3 rings (SSSR count). The Labute approximate surface area is 139 Å². The lowest BCUT2D eigenvalue weighted by molar-refractivity contribution is -0.0571. The van der Waals surface area contributed by atoms with Gasteiger partial charge < -0.3 is 14.0 Å². The highest BCUT2D eigenvalue weighted by molar-refractivity contribution is 4.94. The summed E-state index contributed by atoms with van der Waals surface area (Å²) >= 11 is 0. The number of rotatable bonds is 6. The number of hydrogen-bond acceptors (Lipinski definition) is 5. The second-order valence-corrected chi connectivity index (χ2v) is 6.81. The fourth-order valence-electron chi connectivity index (χ4n) is 3.68. The van der Waals surface area contributed by atoms with Gasteiger partial charge in [0.2, 0.25) is 0 Å². The Hall–Kier alpha value is -0.980. The van der Waals surface area contributed by atoms with E-state index in [1.165, 1.54) is 25.7 Å². The molecule has 1 aliphatic heterocycles. The van der Waals surface area contributed by atoms with E-state index in [9.17, 15) is 0 Å². The first-order chi connectivity index (χ1) is 11.3.